The Kier molecular flexibility index (Phi) is 7.65. The van der Waals surface area contributed by atoms with Crippen molar-refractivity contribution in [3.05, 3.63) is 0 Å². The van der Waals surface area contributed by atoms with Crippen molar-refractivity contribution in [3.8, 4) is 0 Å². The SMILES string of the molecule is CCOC(=O)NC(CNC(=NC)N1CCC(C)(C)C1)CC(C)C. The molecule has 0 aromatic heterocycles. The number of likely N-dealkylation sites (tertiary alicyclic amines) is 1. The molecule has 6 nitrogen and oxygen atoms in total. The monoisotopic (exact) mass is 326 g/mol. The van der Waals surface area contributed by atoms with Gasteiger partial charge in [0.2, 0.25) is 0 Å². The van der Waals surface area contributed by atoms with Gasteiger partial charge in [-0.2, -0.15) is 0 Å². The molecule has 1 saturated heterocycles. The first-order valence-electron chi connectivity index (χ1n) is 8.66. The topological polar surface area (TPSA) is 66.0 Å². The molecular formula is C17H34N4O2. The van der Waals surface area contributed by atoms with E-state index in [0.29, 0.717) is 24.5 Å². The van der Waals surface area contributed by atoms with Crippen LogP contribution in [0.15, 0.2) is 4.99 Å². The molecule has 1 rings (SSSR count). The first-order valence-corrected chi connectivity index (χ1v) is 8.66. The van der Waals surface area contributed by atoms with E-state index in [-0.39, 0.29) is 12.1 Å². The first kappa shape index (κ1) is 19.6. The number of hydrogen-bond donors (Lipinski definition) is 2. The predicted octanol–water partition coefficient (Wildman–Crippen LogP) is 2.45. The van der Waals surface area contributed by atoms with Gasteiger partial charge in [-0.1, -0.05) is 27.7 Å². The van der Waals surface area contributed by atoms with E-state index in [9.17, 15) is 4.79 Å². The Balaban J connectivity index is 2.56. The quantitative estimate of drug-likeness (QED) is 0.581. The highest BCUT2D eigenvalue weighted by atomic mass is 16.5. The molecule has 1 aliphatic rings. The van der Waals surface area contributed by atoms with Crippen molar-refractivity contribution < 1.29 is 9.53 Å². The summed E-state index contributed by atoms with van der Waals surface area (Å²) >= 11 is 0. The van der Waals surface area contributed by atoms with Crippen LogP contribution < -0.4 is 10.6 Å². The Bertz CT molecular complexity index is 407. The summed E-state index contributed by atoms with van der Waals surface area (Å²) in [5.74, 6) is 1.41. The molecule has 1 atom stereocenters. The summed E-state index contributed by atoms with van der Waals surface area (Å²) in [7, 11) is 1.81. The van der Waals surface area contributed by atoms with E-state index in [1.807, 2.05) is 14.0 Å². The van der Waals surface area contributed by atoms with Gasteiger partial charge in [0.15, 0.2) is 5.96 Å². The molecule has 23 heavy (non-hydrogen) atoms. The number of rotatable bonds is 6. The third-order valence-electron chi connectivity index (χ3n) is 4.05. The molecular weight excluding hydrogens is 292 g/mol. The van der Waals surface area contributed by atoms with E-state index < -0.39 is 0 Å². The number of guanidine groups is 1. The van der Waals surface area contributed by atoms with E-state index in [4.69, 9.17) is 4.74 Å². The average molecular weight is 326 g/mol. The van der Waals surface area contributed by atoms with Crippen LogP contribution in [0.25, 0.3) is 0 Å². The van der Waals surface area contributed by atoms with E-state index in [1.165, 1.54) is 6.42 Å². The number of alkyl carbamates (subject to hydrolysis) is 1. The standard InChI is InChI=1S/C17H34N4O2/c1-7-23-16(22)20-14(10-13(2)3)11-19-15(18-6)21-9-8-17(4,5)12-21/h13-14H,7-12H2,1-6H3,(H,18,19)(H,20,22). The number of amides is 1. The van der Waals surface area contributed by atoms with Crippen molar-refractivity contribution in [2.75, 3.05) is 33.3 Å². The van der Waals surface area contributed by atoms with Crippen LogP contribution in [0.5, 0.6) is 0 Å². The number of hydrogen-bond acceptors (Lipinski definition) is 3. The minimum absolute atomic E-state index is 0.0291. The third kappa shape index (κ3) is 7.10. The van der Waals surface area contributed by atoms with E-state index in [0.717, 1.165) is 25.5 Å². The molecule has 1 fully saturated rings. The lowest BCUT2D eigenvalue weighted by Gasteiger charge is -2.26. The largest absolute Gasteiger partial charge is 0.450 e. The maximum Gasteiger partial charge on any atom is 0.407 e. The second-order valence-corrected chi connectivity index (χ2v) is 7.46. The Hall–Kier alpha value is -1.46. The smallest absolute Gasteiger partial charge is 0.407 e. The highest BCUT2D eigenvalue weighted by Gasteiger charge is 2.31. The molecule has 1 aliphatic heterocycles. The lowest BCUT2D eigenvalue weighted by atomic mass is 9.93. The van der Waals surface area contributed by atoms with Gasteiger partial charge in [-0.05, 0) is 31.1 Å². The van der Waals surface area contributed by atoms with Gasteiger partial charge in [0.25, 0.3) is 0 Å². The van der Waals surface area contributed by atoms with Crippen LogP contribution in [-0.2, 0) is 4.74 Å². The number of nitrogens with zero attached hydrogens (tertiary/aromatic N) is 2. The number of carbonyl (C=O) groups is 1. The van der Waals surface area contributed by atoms with Crippen molar-refractivity contribution >= 4 is 12.1 Å². The maximum absolute atomic E-state index is 11.7. The molecule has 2 N–H and O–H groups in total. The van der Waals surface area contributed by atoms with Crippen molar-refractivity contribution in [1.29, 1.82) is 0 Å². The molecule has 0 saturated carbocycles. The highest BCUT2D eigenvalue weighted by molar-refractivity contribution is 5.80. The van der Waals surface area contributed by atoms with Gasteiger partial charge < -0.3 is 20.3 Å². The van der Waals surface area contributed by atoms with Gasteiger partial charge >= 0.3 is 6.09 Å². The fourth-order valence-corrected chi connectivity index (χ4v) is 2.94. The van der Waals surface area contributed by atoms with Crippen LogP contribution in [0.3, 0.4) is 0 Å². The Morgan fingerprint density at radius 2 is 2.09 bits per heavy atom. The summed E-state index contributed by atoms with van der Waals surface area (Å²) < 4.78 is 5.00. The molecule has 0 radical (unpaired) electrons. The molecule has 0 spiro atoms. The molecule has 134 valence electrons. The van der Waals surface area contributed by atoms with Crippen LogP contribution in [0.1, 0.15) is 47.5 Å². The third-order valence-corrected chi connectivity index (χ3v) is 4.05. The summed E-state index contributed by atoms with van der Waals surface area (Å²) in [6, 6.07) is 0.0291. The van der Waals surface area contributed by atoms with Crippen LogP contribution in [0.4, 0.5) is 4.79 Å². The van der Waals surface area contributed by atoms with Crippen LogP contribution in [-0.4, -0.2) is 56.3 Å². The molecule has 0 aliphatic carbocycles. The van der Waals surface area contributed by atoms with E-state index in [2.05, 4.69) is 48.2 Å². The fraction of sp³-hybridized carbons (Fsp3) is 0.882. The van der Waals surface area contributed by atoms with E-state index >= 15 is 0 Å². The zero-order chi connectivity index (χ0) is 17.5. The molecule has 1 unspecified atom stereocenters. The molecule has 1 amide bonds. The molecule has 0 aromatic carbocycles. The van der Waals surface area contributed by atoms with Gasteiger partial charge in [-0.3, -0.25) is 4.99 Å². The van der Waals surface area contributed by atoms with Crippen LogP contribution in [0.2, 0.25) is 0 Å². The second-order valence-electron chi connectivity index (χ2n) is 7.46. The zero-order valence-corrected chi connectivity index (χ0v) is 15.6. The number of nitrogens with one attached hydrogen (secondary N) is 2. The second kappa shape index (κ2) is 8.99. The lowest BCUT2D eigenvalue weighted by Crippen LogP contribution is -2.48. The minimum atomic E-state index is -0.350. The molecule has 6 heteroatoms. The van der Waals surface area contributed by atoms with Crippen molar-refractivity contribution in [2.45, 2.75) is 53.5 Å². The lowest BCUT2D eigenvalue weighted by molar-refractivity contribution is 0.146. The Morgan fingerprint density at radius 1 is 1.39 bits per heavy atom. The summed E-state index contributed by atoms with van der Waals surface area (Å²) in [5.41, 5.74) is 0.331. The summed E-state index contributed by atoms with van der Waals surface area (Å²) in [6.45, 7) is 13.7. The van der Waals surface area contributed by atoms with Gasteiger partial charge in [0.05, 0.1) is 6.61 Å². The van der Waals surface area contributed by atoms with Gasteiger partial charge in [0.1, 0.15) is 0 Å². The Labute approximate surface area is 141 Å². The average Bonchev–Trinajstić information content (AvgIpc) is 2.79. The van der Waals surface area contributed by atoms with Crippen LogP contribution >= 0.6 is 0 Å². The zero-order valence-electron chi connectivity index (χ0n) is 15.6. The van der Waals surface area contributed by atoms with E-state index in [1.54, 1.807) is 0 Å². The fourth-order valence-electron chi connectivity index (χ4n) is 2.94. The van der Waals surface area contributed by atoms with Gasteiger partial charge in [-0.25, -0.2) is 4.79 Å². The van der Waals surface area contributed by atoms with Crippen molar-refractivity contribution in [3.63, 3.8) is 0 Å². The number of carbonyl (C=O) groups excluding carboxylic acids is 1. The Morgan fingerprint density at radius 3 is 2.57 bits per heavy atom. The minimum Gasteiger partial charge on any atom is -0.450 e. The maximum atomic E-state index is 11.7. The summed E-state index contributed by atoms with van der Waals surface area (Å²) in [4.78, 5) is 18.4. The van der Waals surface area contributed by atoms with Crippen LogP contribution in [0, 0.1) is 11.3 Å². The van der Waals surface area contributed by atoms with Crippen molar-refractivity contribution in [2.24, 2.45) is 16.3 Å². The molecule has 0 bridgehead atoms. The molecule has 1 heterocycles. The van der Waals surface area contributed by atoms with Crippen molar-refractivity contribution in [1.82, 2.24) is 15.5 Å². The summed E-state index contributed by atoms with van der Waals surface area (Å²) in [5, 5.41) is 6.35. The molecule has 0 aromatic rings. The normalized spacial score (nSPS) is 18.9. The highest BCUT2D eigenvalue weighted by Crippen LogP contribution is 2.28. The number of ether oxygens (including phenoxy) is 1. The summed E-state index contributed by atoms with van der Waals surface area (Å²) in [6.07, 6.45) is 1.72. The number of aliphatic imine (C=N–C) groups is 1. The first-order chi connectivity index (χ1) is 10.8. The predicted molar refractivity (Wildman–Crippen MR) is 94.7 cm³/mol. The van der Waals surface area contributed by atoms with Gasteiger partial charge in [0, 0.05) is 32.7 Å². The van der Waals surface area contributed by atoms with Gasteiger partial charge in [-0.15, -0.1) is 0 Å².